The lowest BCUT2D eigenvalue weighted by Crippen LogP contribution is -2.58. The number of hydrogen-bond acceptors (Lipinski definition) is 9. The zero-order valence-electron chi connectivity index (χ0n) is 20.8. The highest BCUT2D eigenvalue weighted by Gasteiger charge is 2.62. The fourth-order valence-corrected chi connectivity index (χ4v) is 3.92. The molecule has 0 aromatic rings. The maximum absolute atomic E-state index is 13.0. The van der Waals surface area contributed by atoms with Crippen LogP contribution >= 0.6 is 0 Å². The van der Waals surface area contributed by atoms with E-state index in [2.05, 4.69) is 13.8 Å². The molecule has 0 aromatic carbocycles. The standard InChI is InChI=1S/C25H44O9/c1-3-5-7-9-11-13-15-32-21-23(33-16-14-12-10-8-6-4-2)25(20(29)18-27,34-24(21)31)22(30)19(28)17-26/h19-20,26-29H,3-18H2,1-2H3/t19?,20-,25-/m0/s1. The minimum Gasteiger partial charge on any atom is -0.489 e. The molecule has 0 aromatic heterocycles. The first-order valence-electron chi connectivity index (χ1n) is 12.8. The molecule has 0 saturated heterocycles. The molecule has 9 nitrogen and oxygen atoms in total. The molecule has 1 unspecified atom stereocenters. The molecular formula is C25H44O9. The number of Topliss-reactive ketones (excluding diaryl/α,β-unsaturated/α-hetero) is 1. The number of carbonyl (C=O) groups is 2. The molecule has 0 radical (unpaired) electrons. The summed E-state index contributed by atoms with van der Waals surface area (Å²) in [6, 6.07) is 0. The maximum Gasteiger partial charge on any atom is 0.378 e. The summed E-state index contributed by atoms with van der Waals surface area (Å²) in [6.07, 6.45) is 8.07. The van der Waals surface area contributed by atoms with Crippen molar-refractivity contribution in [1.82, 2.24) is 0 Å². The van der Waals surface area contributed by atoms with Gasteiger partial charge in [-0.05, 0) is 12.8 Å². The van der Waals surface area contributed by atoms with Crippen LogP contribution in [0.15, 0.2) is 11.5 Å². The maximum atomic E-state index is 13.0. The predicted octanol–water partition coefficient (Wildman–Crippen LogP) is 2.52. The number of esters is 1. The lowest BCUT2D eigenvalue weighted by atomic mass is 9.87. The number of unbranched alkanes of at least 4 members (excludes halogenated alkanes) is 10. The second-order valence-corrected chi connectivity index (χ2v) is 8.78. The lowest BCUT2D eigenvalue weighted by molar-refractivity contribution is -0.179. The van der Waals surface area contributed by atoms with Gasteiger partial charge in [-0.15, -0.1) is 0 Å². The lowest BCUT2D eigenvalue weighted by Gasteiger charge is -2.33. The molecule has 198 valence electrons. The van der Waals surface area contributed by atoms with Crippen LogP contribution in [0.1, 0.15) is 90.9 Å². The Hall–Kier alpha value is -1.68. The fraction of sp³-hybridized carbons (Fsp3) is 0.840. The molecule has 0 amide bonds. The van der Waals surface area contributed by atoms with E-state index in [1.165, 1.54) is 0 Å². The van der Waals surface area contributed by atoms with Crippen molar-refractivity contribution in [2.75, 3.05) is 26.4 Å². The SMILES string of the molecule is CCCCCCCCOC1=C(OCCCCCCCC)[C@@](C(=O)C(O)CO)([C@@H](O)CO)OC1=O. The molecule has 9 heteroatoms. The topological polar surface area (TPSA) is 143 Å². The third-order valence-corrected chi connectivity index (χ3v) is 5.96. The predicted molar refractivity (Wildman–Crippen MR) is 126 cm³/mol. The first-order valence-corrected chi connectivity index (χ1v) is 12.8. The molecule has 1 rings (SSSR count). The fourth-order valence-electron chi connectivity index (χ4n) is 3.92. The quantitative estimate of drug-likeness (QED) is 0.142. The number of aliphatic hydroxyl groups is 4. The number of ether oxygens (including phenoxy) is 3. The van der Waals surface area contributed by atoms with Crippen LogP contribution in [-0.2, 0) is 23.8 Å². The third-order valence-electron chi connectivity index (χ3n) is 5.96. The van der Waals surface area contributed by atoms with Crippen molar-refractivity contribution in [2.24, 2.45) is 0 Å². The summed E-state index contributed by atoms with van der Waals surface area (Å²) in [7, 11) is 0. The van der Waals surface area contributed by atoms with Crippen LogP contribution in [0.3, 0.4) is 0 Å². The van der Waals surface area contributed by atoms with Gasteiger partial charge in [0.2, 0.25) is 17.3 Å². The van der Waals surface area contributed by atoms with Gasteiger partial charge in [-0.1, -0.05) is 78.1 Å². The van der Waals surface area contributed by atoms with Crippen LogP contribution < -0.4 is 0 Å². The van der Waals surface area contributed by atoms with Crippen LogP contribution in [0, 0.1) is 0 Å². The van der Waals surface area contributed by atoms with E-state index in [-0.39, 0.29) is 24.7 Å². The smallest absolute Gasteiger partial charge is 0.378 e. The summed E-state index contributed by atoms with van der Waals surface area (Å²) in [4.78, 5) is 25.6. The van der Waals surface area contributed by atoms with Crippen molar-refractivity contribution >= 4 is 11.8 Å². The van der Waals surface area contributed by atoms with Gasteiger partial charge >= 0.3 is 5.97 Å². The van der Waals surface area contributed by atoms with Crippen molar-refractivity contribution in [3.63, 3.8) is 0 Å². The highest BCUT2D eigenvalue weighted by atomic mass is 16.6. The van der Waals surface area contributed by atoms with E-state index in [9.17, 15) is 30.0 Å². The number of aliphatic hydroxyl groups excluding tert-OH is 4. The summed E-state index contributed by atoms with van der Waals surface area (Å²) < 4.78 is 16.7. The number of rotatable bonds is 21. The Labute approximate surface area is 203 Å². The van der Waals surface area contributed by atoms with Crippen molar-refractivity contribution in [3.8, 4) is 0 Å². The Morgan fingerprint density at radius 3 is 1.82 bits per heavy atom. The largest absolute Gasteiger partial charge is 0.489 e. The summed E-state index contributed by atoms with van der Waals surface area (Å²) >= 11 is 0. The Balaban J connectivity index is 3.02. The number of carbonyl (C=O) groups excluding carboxylic acids is 2. The van der Waals surface area contributed by atoms with Crippen LogP contribution in [-0.4, -0.2) is 76.4 Å². The Bertz CT molecular complexity index is 634. The molecule has 1 aliphatic heterocycles. The molecule has 0 fully saturated rings. The summed E-state index contributed by atoms with van der Waals surface area (Å²) in [6.45, 7) is 2.69. The highest BCUT2D eigenvalue weighted by Crippen LogP contribution is 2.39. The Morgan fingerprint density at radius 1 is 0.824 bits per heavy atom. The second-order valence-electron chi connectivity index (χ2n) is 8.78. The average Bonchev–Trinajstić information content (AvgIpc) is 3.13. The normalized spacial score (nSPS) is 19.8. The monoisotopic (exact) mass is 488 g/mol. The van der Waals surface area contributed by atoms with Crippen LogP contribution in [0.5, 0.6) is 0 Å². The summed E-state index contributed by atoms with van der Waals surface area (Å²) in [5.41, 5.74) is -2.48. The zero-order valence-corrected chi connectivity index (χ0v) is 20.8. The number of ketones is 1. The highest BCUT2D eigenvalue weighted by molar-refractivity contribution is 6.03. The number of cyclic esters (lactones) is 1. The van der Waals surface area contributed by atoms with Gasteiger partial charge in [0.05, 0.1) is 26.4 Å². The molecule has 1 aliphatic rings. The van der Waals surface area contributed by atoms with Gasteiger partial charge in [-0.3, -0.25) is 4.79 Å². The summed E-state index contributed by atoms with van der Waals surface area (Å²) in [5, 5.41) is 39.4. The molecular weight excluding hydrogens is 444 g/mol. The van der Waals surface area contributed by atoms with Crippen molar-refractivity contribution < 1.29 is 44.2 Å². The third kappa shape index (κ3) is 8.52. The molecule has 0 spiro atoms. The van der Waals surface area contributed by atoms with Gasteiger partial charge in [-0.2, -0.15) is 0 Å². The first-order chi connectivity index (χ1) is 16.4. The van der Waals surface area contributed by atoms with Crippen molar-refractivity contribution in [2.45, 2.75) is 109 Å². The zero-order chi connectivity index (χ0) is 25.4. The van der Waals surface area contributed by atoms with E-state index in [4.69, 9.17) is 14.2 Å². The molecule has 0 bridgehead atoms. The minimum absolute atomic E-state index is 0.129. The van der Waals surface area contributed by atoms with E-state index in [1.54, 1.807) is 0 Å². The number of hydrogen-bond donors (Lipinski definition) is 4. The average molecular weight is 489 g/mol. The van der Waals surface area contributed by atoms with Gasteiger partial charge in [-0.25, -0.2) is 4.79 Å². The van der Waals surface area contributed by atoms with Gasteiger partial charge < -0.3 is 34.6 Å². The van der Waals surface area contributed by atoms with Gasteiger partial charge in [0.25, 0.3) is 5.60 Å². The van der Waals surface area contributed by atoms with Crippen molar-refractivity contribution in [3.05, 3.63) is 11.5 Å². The van der Waals surface area contributed by atoms with E-state index in [0.29, 0.717) is 12.8 Å². The molecule has 4 N–H and O–H groups in total. The Kier molecular flexibility index (Phi) is 15.1. The van der Waals surface area contributed by atoms with E-state index in [0.717, 1.165) is 64.2 Å². The molecule has 1 heterocycles. The van der Waals surface area contributed by atoms with E-state index >= 15 is 0 Å². The van der Waals surface area contributed by atoms with Crippen LogP contribution in [0.25, 0.3) is 0 Å². The molecule has 0 aliphatic carbocycles. The van der Waals surface area contributed by atoms with Gasteiger partial charge in [0.15, 0.2) is 0 Å². The van der Waals surface area contributed by atoms with Gasteiger partial charge in [0, 0.05) is 0 Å². The first kappa shape index (κ1) is 30.4. The van der Waals surface area contributed by atoms with Crippen molar-refractivity contribution in [1.29, 1.82) is 0 Å². The molecule has 34 heavy (non-hydrogen) atoms. The molecule has 3 atom stereocenters. The molecule has 0 saturated carbocycles. The van der Waals surface area contributed by atoms with E-state index < -0.39 is 42.8 Å². The van der Waals surface area contributed by atoms with E-state index in [1.807, 2.05) is 0 Å². The van der Waals surface area contributed by atoms with Gasteiger partial charge in [0.1, 0.15) is 12.2 Å². The summed E-state index contributed by atoms with van der Waals surface area (Å²) in [5.74, 6) is -2.89. The second kappa shape index (κ2) is 16.9. The minimum atomic E-state index is -2.48. The van der Waals surface area contributed by atoms with Crippen LogP contribution in [0.2, 0.25) is 0 Å². The Morgan fingerprint density at radius 2 is 1.32 bits per heavy atom. The van der Waals surface area contributed by atoms with Crippen LogP contribution in [0.4, 0.5) is 0 Å².